The molecule has 0 fully saturated rings. The van der Waals surface area contributed by atoms with Crippen molar-refractivity contribution in [3.63, 3.8) is 0 Å². The first-order valence-electron chi connectivity index (χ1n) is 5.89. The molecule has 0 atom stereocenters. The predicted molar refractivity (Wildman–Crippen MR) is 69.9 cm³/mol. The molecule has 0 spiro atoms. The molecule has 0 radical (unpaired) electrons. The predicted octanol–water partition coefficient (Wildman–Crippen LogP) is 2.24. The van der Waals surface area contributed by atoms with Crippen LogP contribution in [0.3, 0.4) is 0 Å². The second-order valence-electron chi connectivity index (χ2n) is 4.21. The first-order valence-corrected chi connectivity index (χ1v) is 5.89. The number of nitrogens with zero attached hydrogens (tertiary/aromatic N) is 1. The van der Waals surface area contributed by atoms with Gasteiger partial charge in [-0.15, -0.1) is 0 Å². The number of carboxylic acids is 1. The zero-order valence-corrected chi connectivity index (χ0v) is 10.6. The number of anilines is 1. The molecular weight excluding hydrogens is 282 g/mol. The molecule has 7 heteroatoms. The zero-order valence-electron chi connectivity index (χ0n) is 10.6. The molecule has 108 valence electrons. The van der Waals surface area contributed by atoms with E-state index in [4.69, 9.17) is 5.11 Å². The van der Waals surface area contributed by atoms with Crippen molar-refractivity contribution in [1.29, 1.82) is 0 Å². The van der Waals surface area contributed by atoms with E-state index < -0.39 is 23.5 Å². The van der Waals surface area contributed by atoms with Crippen LogP contribution in [0.4, 0.5) is 14.6 Å². The van der Waals surface area contributed by atoms with Crippen LogP contribution in [-0.2, 0) is 11.2 Å². The summed E-state index contributed by atoms with van der Waals surface area (Å²) in [5.41, 5.74) is 0.272. The summed E-state index contributed by atoms with van der Waals surface area (Å²) >= 11 is 0. The maximum absolute atomic E-state index is 13.0. The summed E-state index contributed by atoms with van der Waals surface area (Å²) in [5, 5.41) is 11.2. The van der Waals surface area contributed by atoms with Gasteiger partial charge in [0.2, 0.25) is 5.91 Å². The fourth-order valence-corrected chi connectivity index (χ4v) is 1.65. The lowest BCUT2D eigenvalue weighted by molar-refractivity contribution is -0.115. The van der Waals surface area contributed by atoms with E-state index >= 15 is 0 Å². The van der Waals surface area contributed by atoms with Crippen molar-refractivity contribution in [2.75, 3.05) is 5.32 Å². The minimum absolute atomic E-state index is 0.0203. The Morgan fingerprint density at radius 1 is 1.14 bits per heavy atom. The number of aromatic nitrogens is 1. The molecular formula is C14H10F2N2O3. The van der Waals surface area contributed by atoms with Crippen LogP contribution >= 0.6 is 0 Å². The van der Waals surface area contributed by atoms with Crippen LogP contribution in [0.15, 0.2) is 36.5 Å². The third kappa shape index (κ3) is 3.82. The Morgan fingerprint density at radius 3 is 2.57 bits per heavy atom. The van der Waals surface area contributed by atoms with Gasteiger partial charge in [0.1, 0.15) is 5.82 Å². The van der Waals surface area contributed by atoms with E-state index in [1.165, 1.54) is 24.4 Å². The maximum atomic E-state index is 13.0. The summed E-state index contributed by atoms with van der Waals surface area (Å²) in [5.74, 6) is -3.62. The third-order valence-electron chi connectivity index (χ3n) is 2.62. The minimum atomic E-state index is -1.14. The van der Waals surface area contributed by atoms with Crippen LogP contribution in [-0.4, -0.2) is 22.0 Å². The maximum Gasteiger partial charge on any atom is 0.335 e. The molecule has 0 aliphatic carbocycles. The number of carboxylic acid groups (broad SMARTS) is 1. The van der Waals surface area contributed by atoms with E-state index in [1.807, 2.05) is 0 Å². The highest BCUT2D eigenvalue weighted by atomic mass is 19.2. The van der Waals surface area contributed by atoms with E-state index in [-0.39, 0.29) is 17.8 Å². The second kappa shape index (κ2) is 6.08. The van der Waals surface area contributed by atoms with Crippen LogP contribution in [0.1, 0.15) is 15.9 Å². The summed E-state index contributed by atoms with van der Waals surface area (Å²) in [6, 6.07) is 5.63. The number of pyridine rings is 1. The summed E-state index contributed by atoms with van der Waals surface area (Å²) in [7, 11) is 0. The first-order chi connectivity index (χ1) is 9.95. The molecule has 2 N–H and O–H groups in total. The van der Waals surface area contributed by atoms with Crippen molar-refractivity contribution in [3.05, 3.63) is 59.3 Å². The van der Waals surface area contributed by atoms with Crippen molar-refractivity contribution in [2.24, 2.45) is 0 Å². The Bertz CT molecular complexity index is 704. The molecule has 0 unspecified atom stereocenters. The zero-order chi connectivity index (χ0) is 15.4. The second-order valence-corrected chi connectivity index (χ2v) is 4.21. The Hall–Kier alpha value is -2.83. The number of amides is 1. The number of hydrogen-bond donors (Lipinski definition) is 2. The van der Waals surface area contributed by atoms with Crippen LogP contribution in [0, 0.1) is 11.6 Å². The molecule has 0 saturated heterocycles. The van der Waals surface area contributed by atoms with Gasteiger partial charge in [0, 0.05) is 6.20 Å². The van der Waals surface area contributed by atoms with Gasteiger partial charge >= 0.3 is 5.97 Å². The monoisotopic (exact) mass is 292 g/mol. The van der Waals surface area contributed by atoms with Crippen LogP contribution < -0.4 is 5.32 Å². The molecule has 2 aromatic rings. The van der Waals surface area contributed by atoms with Crippen LogP contribution in [0.5, 0.6) is 0 Å². The Balaban J connectivity index is 2.06. The van der Waals surface area contributed by atoms with Crippen molar-refractivity contribution < 1.29 is 23.5 Å². The van der Waals surface area contributed by atoms with Gasteiger partial charge in [0.15, 0.2) is 11.6 Å². The number of nitrogens with one attached hydrogen (secondary N) is 1. The van der Waals surface area contributed by atoms with Gasteiger partial charge in [0.05, 0.1) is 12.0 Å². The average Bonchev–Trinajstić information content (AvgIpc) is 2.43. The van der Waals surface area contributed by atoms with E-state index in [0.717, 1.165) is 12.1 Å². The average molecular weight is 292 g/mol. The van der Waals surface area contributed by atoms with Gasteiger partial charge in [-0.2, -0.15) is 0 Å². The Morgan fingerprint density at radius 2 is 1.90 bits per heavy atom. The van der Waals surface area contributed by atoms with E-state index in [0.29, 0.717) is 5.56 Å². The van der Waals surface area contributed by atoms with E-state index in [1.54, 1.807) is 0 Å². The normalized spacial score (nSPS) is 10.2. The summed E-state index contributed by atoms with van der Waals surface area (Å²) in [4.78, 5) is 26.3. The molecule has 1 heterocycles. The molecule has 1 aromatic carbocycles. The highest BCUT2D eigenvalue weighted by Gasteiger charge is 2.10. The SMILES string of the molecule is O=C(Cc1ccc(F)c(F)c1)Nc1cc(C(=O)O)ccn1. The first kappa shape index (κ1) is 14.6. The van der Waals surface area contributed by atoms with Crippen molar-refractivity contribution >= 4 is 17.7 Å². The Labute approximate surface area is 118 Å². The van der Waals surface area contributed by atoms with Gasteiger partial charge in [-0.3, -0.25) is 4.79 Å². The van der Waals surface area contributed by atoms with Crippen molar-refractivity contribution in [2.45, 2.75) is 6.42 Å². The summed E-state index contributed by atoms with van der Waals surface area (Å²) in [6.07, 6.45) is 1.06. The molecule has 0 aliphatic heterocycles. The largest absolute Gasteiger partial charge is 0.478 e. The van der Waals surface area contributed by atoms with Crippen molar-refractivity contribution in [3.8, 4) is 0 Å². The molecule has 1 amide bonds. The Kier molecular flexibility index (Phi) is 4.22. The molecule has 21 heavy (non-hydrogen) atoms. The lowest BCUT2D eigenvalue weighted by Crippen LogP contribution is -2.16. The lowest BCUT2D eigenvalue weighted by Gasteiger charge is -2.05. The van der Waals surface area contributed by atoms with Crippen molar-refractivity contribution in [1.82, 2.24) is 4.98 Å². The number of halogens is 2. The fourth-order valence-electron chi connectivity index (χ4n) is 1.65. The van der Waals surface area contributed by atoms with Gasteiger partial charge < -0.3 is 10.4 Å². The number of aromatic carboxylic acids is 1. The summed E-state index contributed by atoms with van der Waals surface area (Å²) in [6.45, 7) is 0. The molecule has 0 saturated carbocycles. The number of rotatable bonds is 4. The number of carbonyl (C=O) groups is 2. The number of hydrogen-bond acceptors (Lipinski definition) is 3. The molecule has 0 aliphatic rings. The fraction of sp³-hybridized carbons (Fsp3) is 0.0714. The molecule has 0 bridgehead atoms. The number of carbonyl (C=O) groups excluding carboxylic acids is 1. The molecule has 2 rings (SSSR count). The molecule has 1 aromatic heterocycles. The van der Waals surface area contributed by atoms with Gasteiger partial charge in [0.25, 0.3) is 0 Å². The standard InChI is InChI=1S/C14H10F2N2O3/c15-10-2-1-8(5-11(10)16)6-13(19)18-12-7-9(14(20)21)3-4-17-12/h1-5,7H,6H2,(H,20,21)(H,17,18,19). The lowest BCUT2D eigenvalue weighted by atomic mass is 10.1. The van der Waals surface area contributed by atoms with Gasteiger partial charge in [-0.05, 0) is 29.8 Å². The van der Waals surface area contributed by atoms with Gasteiger partial charge in [-0.1, -0.05) is 6.07 Å². The van der Waals surface area contributed by atoms with Gasteiger partial charge in [-0.25, -0.2) is 18.6 Å². The number of benzene rings is 1. The molecule has 5 nitrogen and oxygen atoms in total. The van der Waals surface area contributed by atoms with E-state index in [9.17, 15) is 18.4 Å². The topological polar surface area (TPSA) is 79.3 Å². The highest BCUT2D eigenvalue weighted by Crippen LogP contribution is 2.11. The van der Waals surface area contributed by atoms with Crippen LogP contribution in [0.25, 0.3) is 0 Å². The van der Waals surface area contributed by atoms with E-state index in [2.05, 4.69) is 10.3 Å². The smallest absolute Gasteiger partial charge is 0.335 e. The highest BCUT2D eigenvalue weighted by molar-refractivity contribution is 5.93. The third-order valence-corrected chi connectivity index (χ3v) is 2.62. The minimum Gasteiger partial charge on any atom is -0.478 e. The quantitative estimate of drug-likeness (QED) is 0.905. The van der Waals surface area contributed by atoms with Crippen LogP contribution in [0.2, 0.25) is 0 Å². The summed E-state index contributed by atoms with van der Waals surface area (Å²) < 4.78 is 25.8.